The lowest BCUT2D eigenvalue weighted by atomic mass is 10.1. The standard InChI is InChI=1S/C20H21FN2O2/c21-18-8-6-17(7-9-18)20(25)22-13-16-12-19(24)23(14-16)11-10-15-4-2-1-3-5-15/h1-9,16H,10-14H2,(H,22,25). The topological polar surface area (TPSA) is 49.4 Å². The Bertz CT molecular complexity index is 731. The minimum Gasteiger partial charge on any atom is -0.352 e. The molecular formula is C20H21FN2O2. The van der Waals surface area contributed by atoms with E-state index in [1.54, 1.807) is 0 Å². The first kappa shape index (κ1) is 17.1. The van der Waals surface area contributed by atoms with E-state index in [0.29, 0.717) is 31.6 Å². The van der Waals surface area contributed by atoms with E-state index in [4.69, 9.17) is 0 Å². The Morgan fingerprint density at radius 1 is 1.12 bits per heavy atom. The number of nitrogens with one attached hydrogen (secondary N) is 1. The van der Waals surface area contributed by atoms with E-state index in [9.17, 15) is 14.0 Å². The fourth-order valence-corrected chi connectivity index (χ4v) is 3.06. The predicted molar refractivity (Wildman–Crippen MR) is 93.6 cm³/mol. The first-order valence-corrected chi connectivity index (χ1v) is 8.47. The van der Waals surface area contributed by atoms with Gasteiger partial charge in [0.2, 0.25) is 5.91 Å². The number of likely N-dealkylation sites (tertiary alicyclic amines) is 1. The molecule has 3 rings (SSSR count). The summed E-state index contributed by atoms with van der Waals surface area (Å²) in [5.41, 5.74) is 1.63. The van der Waals surface area contributed by atoms with Crippen LogP contribution in [0.5, 0.6) is 0 Å². The lowest BCUT2D eigenvalue weighted by molar-refractivity contribution is -0.127. The Hall–Kier alpha value is -2.69. The van der Waals surface area contributed by atoms with Crippen LogP contribution in [0.25, 0.3) is 0 Å². The summed E-state index contributed by atoms with van der Waals surface area (Å²) in [5.74, 6) is -0.355. The van der Waals surface area contributed by atoms with Crippen molar-refractivity contribution in [3.63, 3.8) is 0 Å². The second-order valence-electron chi connectivity index (χ2n) is 6.36. The van der Waals surface area contributed by atoms with Gasteiger partial charge in [0.25, 0.3) is 5.91 Å². The van der Waals surface area contributed by atoms with Gasteiger partial charge in [0, 0.05) is 37.5 Å². The van der Waals surface area contributed by atoms with Crippen LogP contribution in [0.3, 0.4) is 0 Å². The van der Waals surface area contributed by atoms with Crippen LogP contribution in [0.15, 0.2) is 54.6 Å². The van der Waals surface area contributed by atoms with Crippen LogP contribution >= 0.6 is 0 Å². The molecule has 1 aliphatic rings. The Morgan fingerprint density at radius 3 is 2.56 bits per heavy atom. The van der Waals surface area contributed by atoms with Gasteiger partial charge in [-0.1, -0.05) is 30.3 Å². The maximum Gasteiger partial charge on any atom is 0.251 e. The summed E-state index contributed by atoms with van der Waals surface area (Å²) < 4.78 is 12.9. The monoisotopic (exact) mass is 340 g/mol. The molecule has 0 aromatic heterocycles. The number of hydrogen-bond donors (Lipinski definition) is 1. The molecule has 1 aliphatic heterocycles. The summed E-state index contributed by atoms with van der Waals surface area (Å²) in [6.07, 6.45) is 1.29. The Labute approximate surface area is 146 Å². The molecule has 0 aliphatic carbocycles. The maximum atomic E-state index is 12.9. The molecule has 0 saturated carbocycles. The number of nitrogens with zero attached hydrogens (tertiary/aromatic N) is 1. The van der Waals surface area contributed by atoms with Crippen LogP contribution in [0.1, 0.15) is 22.3 Å². The first-order valence-electron chi connectivity index (χ1n) is 8.47. The summed E-state index contributed by atoms with van der Waals surface area (Å²) in [5, 5.41) is 2.83. The lowest BCUT2D eigenvalue weighted by Gasteiger charge is -2.17. The van der Waals surface area contributed by atoms with Gasteiger partial charge >= 0.3 is 0 Å². The molecule has 1 heterocycles. The summed E-state index contributed by atoms with van der Waals surface area (Å²) in [6, 6.07) is 15.5. The van der Waals surface area contributed by atoms with Crippen molar-refractivity contribution in [1.82, 2.24) is 10.2 Å². The van der Waals surface area contributed by atoms with Gasteiger partial charge in [0.15, 0.2) is 0 Å². The van der Waals surface area contributed by atoms with Crippen LogP contribution in [-0.4, -0.2) is 36.3 Å². The number of carbonyl (C=O) groups excluding carboxylic acids is 2. The van der Waals surface area contributed by atoms with Crippen LogP contribution in [0.4, 0.5) is 4.39 Å². The number of amides is 2. The van der Waals surface area contributed by atoms with Crippen LogP contribution in [0.2, 0.25) is 0 Å². The molecule has 1 fully saturated rings. The SMILES string of the molecule is O=C(NCC1CC(=O)N(CCc2ccccc2)C1)c1ccc(F)cc1. The molecule has 1 saturated heterocycles. The molecular weight excluding hydrogens is 319 g/mol. The molecule has 5 heteroatoms. The highest BCUT2D eigenvalue weighted by atomic mass is 19.1. The largest absolute Gasteiger partial charge is 0.352 e. The van der Waals surface area contributed by atoms with E-state index in [0.717, 1.165) is 6.42 Å². The number of benzene rings is 2. The van der Waals surface area contributed by atoms with E-state index in [-0.39, 0.29) is 23.5 Å². The zero-order valence-electron chi connectivity index (χ0n) is 14.0. The minimum atomic E-state index is -0.369. The average molecular weight is 340 g/mol. The third kappa shape index (κ3) is 4.66. The van der Waals surface area contributed by atoms with Gasteiger partial charge in [-0.2, -0.15) is 0 Å². The molecule has 2 aromatic carbocycles. The average Bonchev–Trinajstić information content (AvgIpc) is 2.99. The van der Waals surface area contributed by atoms with E-state index < -0.39 is 0 Å². The molecule has 0 bridgehead atoms. The Balaban J connectivity index is 1.46. The van der Waals surface area contributed by atoms with Crippen LogP contribution in [-0.2, 0) is 11.2 Å². The van der Waals surface area contributed by atoms with Crippen molar-refractivity contribution in [3.8, 4) is 0 Å². The van der Waals surface area contributed by atoms with Gasteiger partial charge in [-0.05, 0) is 36.2 Å². The van der Waals surface area contributed by atoms with Crippen molar-refractivity contribution in [2.45, 2.75) is 12.8 Å². The summed E-state index contributed by atoms with van der Waals surface area (Å²) in [7, 11) is 0. The molecule has 1 unspecified atom stereocenters. The van der Waals surface area contributed by atoms with Crippen LogP contribution < -0.4 is 5.32 Å². The number of hydrogen-bond acceptors (Lipinski definition) is 2. The third-order valence-corrected chi connectivity index (χ3v) is 4.47. The highest BCUT2D eigenvalue weighted by Crippen LogP contribution is 2.18. The Morgan fingerprint density at radius 2 is 1.84 bits per heavy atom. The molecule has 1 atom stereocenters. The number of halogens is 1. The van der Waals surface area contributed by atoms with Crippen molar-refractivity contribution in [2.24, 2.45) is 5.92 Å². The summed E-state index contributed by atoms with van der Waals surface area (Å²) in [4.78, 5) is 26.0. The quantitative estimate of drug-likeness (QED) is 0.879. The van der Waals surface area contributed by atoms with Gasteiger partial charge in [-0.15, -0.1) is 0 Å². The second kappa shape index (κ2) is 7.92. The number of rotatable bonds is 6. The van der Waals surface area contributed by atoms with E-state index in [1.165, 1.54) is 29.8 Å². The lowest BCUT2D eigenvalue weighted by Crippen LogP contribution is -2.32. The summed E-state index contributed by atoms with van der Waals surface area (Å²) >= 11 is 0. The number of carbonyl (C=O) groups is 2. The van der Waals surface area contributed by atoms with Gasteiger partial charge in [-0.3, -0.25) is 9.59 Å². The first-order chi connectivity index (χ1) is 12.1. The van der Waals surface area contributed by atoms with E-state index >= 15 is 0 Å². The fourth-order valence-electron chi connectivity index (χ4n) is 3.06. The van der Waals surface area contributed by atoms with Crippen molar-refractivity contribution in [3.05, 3.63) is 71.5 Å². The highest BCUT2D eigenvalue weighted by molar-refractivity contribution is 5.94. The highest BCUT2D eigenvalue weighted by Gasteiger charge is 2.29. The second-order valence-corrected chi connectivity index (χ2v) is 6.36. The molecule has 2 amide bonds. The minimum absolute atomic E-state index is 0.118. The zero-order valence-corrected chi connectivity index (χ0v) is 14.0. The van der Waals surface area contributed by atoms with Crippen molar-refractivity contribution >= 4 is 11.8 Å². The molecule has 4 nitrogen and oxygen atoms in total. The van der Waals surface area contributed by atoms with Gasteiger partial charge < -0.3 is 10.2 Å². The van der Waals surface area contributed by atoms with Gasteiger partial charge in [0.05, 0.1) is 0 Å². The smallest absolute Gasteiger partial charge is 0.251 e. The normalized spacial score (nSPS) is 16.9. The van der Waals surface area contributed by atoms with Crippen molar-refractivity contribution in [1.29, 1.82) is 0 Å². The van der Waals surface area contributed by atoms with Gasteiger partial charge in [-0.25, -0.2) is 4.39 Å². The molecule has 25 heavy (non-hydrogen) atoms. The molecule has 1 N–H and O–H groups in total. The molecule has 130 valence electrons. The summed E-state index contributed by atoms with van der Waals surface area (Å²) in [6.45, 7) is 1.81. The van der Waals surface area contributed by atoms with Gasteiger partial charge in [0.1, 0.15) is 5.82 Å². The van der Waals surface area contributed by atoms with E-state index in [1.807, 2.05) is 23.1 Å². The third-order valence-electron chi connectivity index (χ3n) is 4.47. The fraction of sp³-hybridized carbons (Fsp3) is 0.300. The molecule has 0 spiro atoms. The maximum absolute atomic E-state index is 12.9. The van der Waals surface area contributed by atoms with Crippen molar-refractivity contribution < 1.29 is 14.0 Å². The van der Waals surface area contributed by atoms with Crippen molar-refractivity contribution in [2.75, 3.05) is 19.6 Å². The molecule has 0 radical (unpaired) electrons. The van der Waals surface area contributed by atoms with Crippen LogP contribution in [0, 0.1) is 11.7 Å². The van der Waals surface area contributed by atoms with E-state index in [2.05, 4.69) is 17.4 Å². The Kier molecular flexibility index (Phi) is 5.43. The molecule has 2 aromatic rings. The zero-order chi connectivity index (χ0) is 17.6. The predicted octanol–water partition coefficient (Wildman–Crippen LogP) is 2.65.